The smallest absolute Gasteiger partial charge is 0.325 e. The van der Waals surface area contributed by atoms with Gasteiger partial charge in [-0.15, -0.1) is 11.8 Å². The number of methoxy groups -OCH3 is 1. The minimum atomic E-state index is -0.641. The van der Waals surface area contributed by atoms with Crippen LogP contribution in [-0.2, 0) is 16.6 Å². The third-order valence-electron chi connectivity index (χ3n) is 2.92. The summed E-state index contributed by atoms with van der Waals surface area (Å²) in [6.07, 6.45) is 4.51. The van der Waals surface area contributed by atoms with Gasteiger partial charge in [0.1, 0.15) is 5.54 Å². The van der Waals surface area contributed by atoms with Gasteiger partial charge in [-0.3, -0.25) is 9.48 Å². The summed E-state index contributed by atoms with van der Waals surface area (Å²) in [7, 11) is 3.32. The zero-order chi connectivity index (χ0) is 14.5. The minimum absolute atomic E-state index is 0.215. The molecule has 0 saturated carbocycles. The number of hydrogen-bond acceptors (Lipinski definition) is 5. The molecule has 5 nitrogen and oxygen atoms in total. The Morgan fingerprint density at radius 2 is 2.37 bits per heavy atom. The first kappa shape index (κ1) is 16.0. The van der Waals surface area contributed by atoms with Crippen LogP contribution >= 0.6 is 11.8 Å². The number of esters is 1. The Kier molecular flexibility index (Phi) is 5.87. The second-order valence-electron chi connectivity index (χ2n) is 4.84. The van der Waals surface area contributed by atoms with Crippen molar-refractivity contribution < 1.29 is 9.53 Å². The first-order valence-corrected chi connectivity index (χ1v) is 7.28. The van der Waals surface area contributed by atoms with Gasteiger partial charge in [0, 0.05) is 23.4 Å². The molecular formula is C13H23N3O2S. The van der Waals surface area contributed by atoms with Gasteiger partial charge in [-0.1, -0.05) is 13.8 Å². The van der Waals surface area contributed by atoms with E-state index in [9.17, 15) is 4.79 Å². The molecule has 1 aromatic rings. The van der Waals surface area contributed by atoms with Gasteiger partial charge in [0.2, 0.25) is 0 Å². The van der Waals surface area contributed by atoms with E-state index in [0.29, 0.717) is 6.42 Å². The average Bonchev–Trinajstić information content (AvgIpc) is 2.73. The van der Waals surface area contributed by atoms with Crippen molar-refractivity contribution in [1.82, 2.24) is 15.1 Å². The number of aryl methyl sites for hydroxylation is 1. The van der Waals surface area contributed by atoms with Crippen LogP contribution in [0.2, 0.25) is 0 Å². The van der Waals surface area contributed by atoms with Gasteiger partial charge in [-0.25, -0.2) is 0 Å². The van der Waals surface area contributed by atoms with E-state index in [1.54, 1.807) is 16.4 Å². The van der Waals surface area contributed by atoms with Gasteiger partial charge >= 0.3 is 5.97 Å². The van der Waals surface area contributed by atoms with Crippen LogP contribution < -0.4 is 5.32 Å². The zero-order valence-corrected chi connectivity index (χ0v) is 13.1. The standard InChI is InChI=1S/C13H23N3O2S/c1-6-14-13(3,12(17)18-5)7-10(2)19-11-8-15-16(4)9-11/h8-10,14H,6-7H2,1-5H3. The Bertz CT molecular complexity index is 422. The van der Waals surface area contributed by atoms with Gasteiger partial charge in [-0.2, -0.15) is 5.10 Å². The van der Waals surface area contributed by atoms with Crippen LogP contribution in [0.5, 0.6) is 0 Å². The fourth-order valence-electron chi connectivity index (χ4n) is 2.15. The molecule has 0 bridgehead atoms. The quantitative estimate of drug-likeness (QED) is 0.612. The molecule has 0 amide bonds. The normalized spacial score (nSPS) is 15.8. The van der Waals surface area contributed by atoms with Gasteiger partial charge in [0.25, 0.3) is 0 Å². The summed E-state index contributed by atoms with van der Waals surface area (Å²) in [5.41, 5.74) is -0.641. The van der Waals surface area contributed by atoms with Crippen molar-refractivity contribution in [2.45, 2.75) is 42.9 Å². The average molecular weight is 285 g/mol. The third-order valence-corrected chi connectivity index (χ3v) is 3.97. The van der Waals surface area contributed by atoms with E-state index in [-0.39, 0.29) is 11.2 Å². The highest BCUT2D eigenvalue weighted by Crippen LogP contribution is 2.28. The fraction of sp³-hybridized carbons (Fsp3) is 0.692. The van der Waals surface area contributed by atoms with E-state index >= 15 is 0 Å². The summed E-state index contributed by atoms with van der Waals surface area (Å²) in [5, 5.41) is 7.65. The maximum absolute atomic E-state index is 11.9. The molecule has 0 spiro atoms. The fourth-order valence-corrected chi connectivity index (χ4v) is 3.35. The van der Waals surface area contributed by atoms with E-state index in [2.05, 4.69) is 17.3 Å². The second-order valence-corrected chi connectivity index (χ2v) is 6.35. The van der Waals surface area contributed by atoms with Gasteiger partial charge in [0.05, 0.1) is 13.3 Å². The molecule has 1 N–H and O–H groups in total. The van der Waals surface area contributed by atoms with Gasteiger partial charge < -0.3 is 10.1 Å². The number of carbonyl (C=O) groups is 1. The molecule has 2 unspecified atom stereocenters. The van der Waals surface area contributed by atoms with Crippen molar-refractivity contribution in [2.24, 2.45) is 7.05 Å². The molecule has 0 radical (unpaired) electrons. The molecule has 0 aliphatic heterocycles. The van der Waals surface area contributed by atoms with Crippen molar-refractivity contribution in [3.8, 4) is 0 Å². The molecule has 1 aromatic heterocycles. The second kappa shape index (κ2) is 6.96. The molecule has 19 heavy (non-hydrogen) atoms. The Morgan fingerprint density at radius 3 is 2.84 bits per heavy atom. The summed E-state index contributed by atoms with van der Waals surface area (Å²) in [6.45, 7) is 6.72. The Hall–Kier alpha value is -1.01. The number of nitrogens with zero attached hydrogens (tertiary/aromatic N) is 2. The number of thioether (sulfide) groups is 1. The minimum Gasteiger partial charge on any atom is -0.468 e. The highest BCUT2D eigenvalue weighted by molar-refractivity contribution is 7.99. The van der Waals surface area contributed by atoms with Gasteiger partial charge in [-0.05, 0) is 19.9 Å². The number of hydrogen-bond donors (Lipinski definition) is 1. The van der Waals surface area contributed by atoms with Crippen LogP contribution in [0.25, 0.3) is 0 Å². The lowest BCUT2D eigenvalue weighted by molar-refractivity contribution is -0.148. The molecule has 0 aliphatic rings. The van der Waals surface area contributed by atoms with Crippen LogP contribution in [0.1, 0.15) is 27.2 Å². The SMILES string of the molecule is CCNC(C)(CC(C)Sc1cnn(C)c1)C(=O)OC. The lowest BCUT2D eigenvalue weighted by Gasteiger charge is -2.29. The highest BCUT2D eigenvalue weighted by atomic mass is 32.2. The van der Waals surface area contributed by atoms with Crippen molar-refractivity contribution in [3.05, 3.63) is 12.4 Å². The summed E-state index contributed by atoms with van der Waals surface area (Å²) in [6, 6.07) is 0. The lowest BCUT2D eigenvalue weighted by Crippen LogP contribution is -2.51. The van der Waals surface area contributed by atoms with E-state index in [0.717, 1.165) is 11.4 Å². The number of rotatable bonds is 7. The number of nitrogens with one attached hydrogen (secondary N) is 1. The van der Waals surface area contributed by atoms with Crippen molar-refractivity contribution in [3.63, 3.8) is 0 Å². The molecule has 2 atom stereocenters. The summed E-state index contributed by atoms with van der Waals surface area (Å²) >= 11 is 1.71. The molecule has 0 aliphatic carbocycles. The molecule has 0 saturated heterocycles. The maximum Gasteiger partial charge on any atom is 0.325 e. The van der Waals surface area contributed by atoms with Crippen LogP contribution in [0, 0.1) is 0 Å². The van der Waals surface area contributed by atoms with E-state index in [1.165, 1.54) is 7.11 Å². The summed E-state index contributed by atoms with van der Waals surface area (Å²) in [4.78, 5) is 13.0. The monoisotopic (exact) mass is 285 g/mol. The first-order chi connectivity index (χ1) is 8.91. The van der Waals surface area contributed by atoms with Crippen LogP contribution in [0.3, 0.4) is 0 Å². The Labute approximate surface area is 119 Å². The van der Waals surface area contributed by atoms with Crippen molar-refractivity contribution in [1.29, 1.82) is 0 Å². The molecule has 0 aromatic carbocycles. The van der Waals surface area contributed by atoms with Crippen LogP contribution in [0.4, 0.5) is 0 Å². The maximum atomic E-state index is 11.9. The van der Waals surface area contributed by atoms with E-state index < -0.39 is 5.54 Å². The summed E-state index contributed by atoms with van der Waals surface area (Å²) < 4.78 is 6.67. The molecule has 6 heteroatoms. The third kappa shape index (κ3) is 4.54. The largest absolute Gasteiger partial charge is 0.468 e. The number of carbonyl (C=O) groups excluding carboxylic acids is 1. The van der Waals surface area contributed by atoms with Crippen LogP contribution in [0.15, 0.2) is 17.3 Å². The molecule has 1 rings (SSSR count). The van der Waals surface area contributed by atoms with Crippen molar-refractivity contribution in [2.75, 3.05) is 13.7 Å². The number of ether oxygens (including phenoxy) is 1. The number of likely N-dealkylation sites (N-methyl/N-ethyl adjacent to an activating group) is 1. The van der Waals surface area contributed by atoms with Crippen LogP contribution in [-0.4, -0.2) is 40.2 Å². The predicted molar refractivity (Wildman–Crippen MR) is 77.2 cm³/mol. The lowest BCUT2D eigenvalue weighted by atomic mass is 9.96. The molecule has 108 valence electrons. The van der Waals surface area contributed by atoms with E-state index in [4.69, 9.17) is 4.74 Å². The molecular weight excluding hydrogens is 262 g/mol. The van der Waals surface area contributed by atoms with Gasteiger partial charge in [0.15, 0.2) is 0 Å². The summed E-state index contributed by atoms with van der Waals surface area (Å²) in [5.74, 6) is -0.215. The Morgan fingerprint density at radius 1 is 1.68 bits per heavy atom. The molecule has 0 fully saturated rings. The number of aromatic nitrogens is 2. The predicted octanol–water partition coefficient (Wildman–Crippen LogP) is 1.83. The Balaban J connectivity index is 2.65. The molecule has 1 heterocycles. The van der Waals surface area contributed by atoms with Crippen molar-refractivity contribution >= 4 is 17.7 Å². The highest BCUT2D eigenvalue weighted by Gasteiger charge is 2.35. The zero-order valence-electron chi connectivity index (χ0n) is 12.3. The topological polar surface area (TPSA) is 56.2 Å². The first-order valence-electron chi connectivity index (χ1n) is 6.40. The van der Waals surface area contributed by atoms with E-state index in [1.807, 2.05) is 33.3 Å².